The van der Waals surface area contributed by atoms with Crippen LogP contribution in [0, 0.1) is 6.92 Å². The summed E-state index contributed by atoms with van der Waals surface area (Å²) < 4.78 is 25.6. The number of hydrogen-bond donors (Lipinski definition) is 1. The molecule has 0 bridgehead atoms. The number of rotatable bonds is 4. The van der Waals surface area contributed by atoms with Crippen LogP contribution in [0.3, 0.4) is 0 Å². The van der Waals surface area contributed by atoms with Crippen LogP contribution in [0.4, 0.5) is 5.82 Å². The first-order chi connectivity index (χ1) is 12.2. The van der Waals surface area contributed by atoms with E-state index < -0.39 is 9.84 Å². The summed E-state index contributed by atoms with van der Waals surface area (Å²) in [6, 6.07) is 15.1. The lowest BCUT2D eigenvalue weighted by Gasteiger charge is -2.09. The van der Waals surface area contributed by atoms with Crippen LogP contribution in [0.25, 0.3) is 5.69 Å². The van der Waals surface area contributed by atoms with E-state index in [0.29, 0.717) is 11.4 Å². The van der Waals surface area contributed by atoms with Crippen LogP contribution in [0.15, 0.2) is 64.0 Å². The van der Waals surface area contributed by atoms with Gasteiger partial charge in [-0.25, -0.2) is 13.1 Å². The zero-order chi connectivity index (χ0) is 18.9. The molecule has 8 heteroatoms. The lowest BCUT2D eigenvalue weighted by molar-refractivity contribution is 0.102. The summed E-state index contributed by atoms with van der Waals surface area (Å²) in [4.78, 5) is 12.7. The van der Waals surface area contributed by atoms with E-state index >= 15 is 0 Å². The Kier molecular flexibility index (Phi) is 4.97. The van der Waals surface area contributed by atoms with Gasteiger partial charge in [-0.15, -0.1) is 0 Å². The Morgan fingerprint density at radius 2 is 1.81 bits per heavy atom. The molecule has 3 aromatic rings. The molecule has 1 heterocycles. The van der Waals surface area contributed by atoms with Gasteiger partial charge in [0.2, 0.25) is 0 Å². The highest BCUT2D eigenvalue weighted by molar-refractivity contribution is 9.10. The molecule has 0 atom stereocenters. The van der Waals surface area contributed by atoms with Crippen molar-refractivity contribution in [1.82, 2.24) is 9.78 Å². The molecule has 0 aliphatic rings. The van der Waals surface area contributed by atoms with Crippen molar-refractivity contribution in [3.05, 3.63) is 70.3 Å². The third-order valence-corrected chi connectivity index (χ3v) is 5.29. The molecule has 0 fully saturated rings. The number of anilines is 1. The summed E-state index contributed by atoms with van der Waals surface area (Å²) in [5.74, 6) is 0.180. The molecule has 0 saturated heterocycles. The SMILES string of the molecule is Cc1cc(NC(=O)c2ccc(S(C)(=O)=O)cc2)n(-c2cccc(Br)c2)n1. The van der Waals surface area contributed by atoms with Gasteiger partial charge in [0.1, 0.15) is 5.82 Å². The predicted molar refractivity (Wildman–Crippen MR) is 104 cm³/mol. The van der Waals surface area contributed by atoms with E-state index in [1.807, 2.05) is 31.2 Å². The van der Waals surface area contributed by atoms with E-state index in [2.05, 4.69) is 26.3 Å². The molecule has 0 radical (unpaired) electrons. The van der Waals surface area contributed by atoms with Gasteiger partial charge in [-0.2, -0.15) is 5.10 Å². The standard InChI is InChI=1S/C18H16BrN3O3S/c1-12-10-17(22(21-12)15-5-3-4-14(19)11-15)20-18(23)13-6-8-16(9-7-13)26(2,24)25/h3-11H,1-2H3,(H,20,23). The van der Waals surface area contributed by atoms with Gasteiger partial charge in [0, 0.05) is 22.4 Å². The Balaban J connectivity index is 1.89. The summed E-state index contributed by atoms with van der Waals surface area (Å²) in [5.41, 5.74) is 1.92. The molecule has 0 unspecified atom stereocenters. The number of carbonyl (C=O) groups excluding carboxylic acids is 1. The fourth-order valence-electron chi connectivity index (χ4n) is 2.44. The van der Waals surface area contributed by atoms with Crippen molar-refractivity contribution in [3.8, 4) is 5.69 Å². The summed E-state index contributed by atoms with van der Waals surface area (Å²) in [7, 11) is -3.30. The average Bonchev–Trinajstić information content (AvgIpc) is 2.94. The van der Waals surface area contributed by atoms with Crippen LogP contribution >= 0.6 is 15.9 Å². The molecule has 0 saturated carbocycles. The number of carbonyl (C=O) groups is 1. The number of hydrogen-bond acceptors (Lipinski definition) is 4. The summed E-state index contributed by atoms with van der Waals surface area (Å²) in [6.45, 7) is 1.84. The molecule has 0 aliphatic carbocycles. The Bertz CT molecular complexity index is 1070. The fraction of sp³-hybridized carbons (Fsp3) is 0.111. The molecule has 26 heavy (non-hydrogen) atoms. The second kappa shape index (κ2) is 7.05. The van der Waals surface area contributed by atoms with Crippen molar-refractivity contribution < 1.29 is 13.2 Å². The van der Waals surface area contributed by atoms with Gasteiger partial charge < -0.3 is 5.32 Å². The number of benzene rings is 2. The molecule has 134 valence electrons. The fourth-order valence-corrected chi connectivity index (χ4v) is 3.45. The summed E-state index contributed by atoms with van der Waals surface area (Å²) in [5, 5.41) is 7.24. The zero-order valence-electron chi connectivity index (χ0n) is 14.1. The van der Waals surface area contributed by atoms with E-state index in [4.69, 9.17) is 0 Å². The molecule has 1 N–H and O–H groups in total. The minimum absolute atomic E-state index is 0.170. The maximum absolute atomic E-state index is 12.5. The highest BCUT2D eigenvalue weighted by Crippen LogP contribution is 2.21. The number of sulfone groups is 1. The quantitative estimate of drug-likeness (QED) is 0.681. The van der Waals surface area contributed by atoms with Crippen LogP contribution in [0.2, 0.25) is 0 Å². The maximum atomic E-state index is 12.5. The molecule has 2 aromatic carbocycles. The van der Waals surface area contributed by atoms with Crippen molar-refractivity contribution in [2.75, 3.05) is 11.6 Å². The molecule has 6 nitrogen and oxygen atoms in total. The third-order valence-electron chi connectivity index (χ3n) is 3.67. The van der Waals surface area contributed by atoms with E-state index in [9.17, 15) is 13.2 Å². The number of aromatic nitrogens is 2. The topological polar surface area (TPSA) is 81.1 Å². The lowest BCUT2D eigenvalue weighted by Crippen LogP contribution is -2.15. The normalized spacial score (nSPS) is 11.3. The molecule has 1 aromatic heterocycles. The number of nitrogens with one attached hydrogen (secondary N) is 1. The van der Waals surface area contributed by atoms with Gasteiger partial charge in [0.25, 0.3) is 5.91 Å². The minimum Gasteiger partial charge on any atom is -0.306 e. The van der Waals surface area contributed by atoms with E-state index in [0.717, 1.165) is 22.1 Å². The van der Waals surface area contributed by atoms with Crippen LogP contribution in [0.1, 0.15) is 16.1 Å². The van der Waals surface area contributed by atoms with Gasteiger partial charge >= 0.3 is 0 Å². The molecule has 3 rings (SSSR count). The van der Waals surface area contributed by atoms with Gasteiger partial charge in [-0.1, -0.05) is 22.0 Å². The van der Waals surface area contributed by atoms with Gasteiger partial charge in [-0.05, 0) is 49.4 Å². The lowest BCUT2D eigenvalue weighted by atomic mass is 10.2. The van der Waals surface area contributed by atoms with Crippen LogP contribution in [0.5, 0.6) is 0 Å². The smallest absolute Gasteiger partial charge is 0.256 e. The first-order valence-corrected chi connectivity index (χ1v) is 10.4. The van der Waals surface area contributed by atoms with Gasteiger partial charge in [-0.3, -0.25) is 4.79 Å². The summed E-state index contributed by atoms with van der Waals surface area (Å²) >= 11 is 3.42. The largest absolute Gasteiger partial charge is 0.306 e. The van der Waals surface area contributed by atoms with E-state index in [1.54, 1.807) is 10.7 Å². The van der Waals surface area contributed by atoms with Gasteiger partial charge in [0.05, 0.1) is 16.3 Å². The number of nitrogens with zero attached hydrogens (tertiary/aromatic N) is 2. The Labute approximate surface area is 159 Å². The van der Waals surface area contributed by atoms with Crippen molar-refractivity contribution in [1.29, 1.82) is 0 Å². The van der Waals surface area contributed by atoms with Crippen LogP contribution < -0.4 is 5.32 Å². The molecule has 0 aliphatic heterocycles. The first kappa shape index (κ1) is 18.3. The molecule has 1 amide bonds. The van der Waals surface area contributed by atoms with Crippen molar-refractivity contribution in [2.45, 2.75) is 11.8 Å². The highest BCUT2D eigenvalue weighted by Gasteiger charge is 2.14. The van der Waals surface area contributed by atoms with E-state index in [1.165, 1.54) is 24.3 Å². The third kappa shape index (κ3) is 4.03. The van der Waals surface area contributed by atoms with Crippen molar-refractivity contribution in [3.63, 3.8) is 0 Å². The highest BCUT2D eigenvalue weighted by atomic mass is 79.9. The average molecular weight is 434 g/mol. The van der Waals surface area contributed by atoms with Gasteiger partial charge in [0.15, 0.2) is 9.84 Å². The second-order valence-corrected chi connectivity index (χ2v) is 8.74. The minimum atomic E-state index is -3.30. The molecular weight excluding hydrogens is 418 g/mol. The number of amides is 1. The van der Waals surface area contributed by atoms with Crippen molar-refractivity contribution in [2.24, 2.45) is 0 Å². The first-order valence-electron chi connectivity index (χ1n) is 7.68. The van der Waals surface area contributed by atoms with Crippen LogP contribution in [-0.2, 0) is 9.84 Å². The Morgan fingerprint density at radius 3 is 2.42 bits per heavy atom. The zero-order valence-corrected chi connectivity index (χ0v) is 16.5. The van der Waals surface area contributed by atoms with E-state index in [-0.39, 0.29) is 10.8 Å². The Hall–Kier alpha value is -2.45. The summed E-state index contributed by atoms with van der Waals surface area (Å²) in [6.07, 6.45) is 1.13. The van der Waals surface area contributed by atoms with Crippen molar-refractivity contribution >= 4 is 37.5 Å². The predicted octanol–water partition coefficient (Wildman–Crippen LogP) is 3.60. The number of aryl methyl sites for hydroxylation is 1. The maximum Gasteiger partial charge on any atom is 0.256 e. The molecular formula is C18H16BrN3O3S. The Morgan fingerprint density at radius 1 is 1.12 bits per heavy atom. The molecule has 0 spiro atoms. The second-order valence-electron chi connectivity index (χ2n) is 5.81. The number of halogens is 1. The van der Waals surface area contributed by atoms with Crippen LogP contribution in [-0.4, -0.2) is 30.4 Å². The monoisotopic (exact) mass is 433 g/mol.